The topological polar surface area (TPSA) is 74.8 Å². The van der Waals surface area contributed by atoms with Crippen LogP contribution in [0.3, 0.4) is 0 Å². The number of ether oxygens (including phenoxy) is 1. The second-order valence-corrected chi connectivity index (χ2v) is 9.68. The predicted molar refractivity (Wildman–Crippen MR) is 129 cm³/mol. The summed E-state index contributed by atoms with van der Waals surface area (Å²) in [5.74, 6) is -2.61. The van der Waals surface area contributed by atoms with E-state index in [1.807, 2.05) is 20.8 Å². The molecule has 0 bridgehead atoms. The Labute approximate surface area is 210 Å². The molecule has 36 heavy (non-hydrogen) atoms. The van der Waals surface area contributed by atoms with E-state index in [1.165, 1.54) is 16.9 Å². The quantitative estimate of drug-likeness (QED) is 0.355. The van der Waals surface area contributed by atoms with Gasteiger partial charge in [0.05, 0.1) is 17.6 Å². The molecule has 11 heteroatoms. The Bertz CT molecular complexity index is 1530. The van der Waals surface area contributed by atoms with Crippen molar-refractivity contribution in [2.75, 3.05) is 0 Å². The van der Waals surface area contributed by atoms with Crippen LogP contribution in [-0.4, -0.2) is 24.3 Å². The number of aryl methyl sites for hydroxylation is 2. The predicted octanol–water partition coefficient (Wildman–Crippen LogP) is 5.38. The minimum Gasteiger partial charge on any atom is -0.485 e. The van der Waals surface area contributed by atoms with Gasteiger partial charge in [0.1, 0.15) is 28.9 Å². The Kier molecular flexibility index (Phi) is 6.66. The number of rotatable bonds is 5. The number of pyridine rings is 3. The maximum absolute atomic E-state index is 15.8. The third-order valence-corrected chi connectivity index (χ3v) is 5.85. The molecule has 4 heterocycles. The standard InChI is InChI=1S/C25H23ClF3N5O2/c1-13-10-31-23(33-7-6-19(32-33)25(3,4)5)21(29)22(13)34-14(2)8-18(20(26)24(34)35)36-12-17-16(28)9-15(27)11-30-17/h6-11H,12H2,1-5H3. The second-order valence-electron chi connectivity index (χ2n) is 9.30. The molecule has 0 fully saturated rings. The van der Waals surface area contributed by atoms with E-state index in [0.717, 1.165) is 16.5 Å². The minimum atomic E-state index is -0.897. The van der Waals surface area contributed by atoms with Crippen LogP contribution in [-0.2, 0) is 12.0 Å². The summed E-state index contributed by atoms with van der Waals surface area (Å²) in [6.45, 7) is 8.76. The van der Waals surface area contributed by atoms with Gasteiger partial charge in [0.15, 0.2) is 17.5 Å². The summed E-state index contributed by atoms with van der Waals surface area (Å²) in [7, 11) is 0. The van der Waals surface area contributed by atoms with Crippen LogP contribution in [0.15, 0.2) is 41.6 Å². The Hall–Kier alpha value is -3.66. The lowest BCUT2D eigenvalue weighted by Gasteiger charge is -2.18. The van der Waals surface area contributed by atoms with Gasteiger partial charge in [-0.25, -0.2) is 22.8 Å². The lowest BCUT2D eigenvalue weighted by molar-refractivity contribution is 0.292. The van der Waals surface area contributed by atoms with E-state index in [-0.39, 0.29) is 33.4 Å². The van der Waals surface area contributed by atoms with Crippen LogP contribution in [0.25, 0.3) is 11.5 Å². The summed E-state index contributed by atoms with van der Waals surface area (Å²) in [4.78, 5) is 21.1. The normalized spacial score (nSPS) is 11.7. The lowest BCUT2D eigenvalue weighted by atomic mass is 9.93. The molecular formula is C25H23ClF3N5O2. The largest absolute Gasteiger partial charge is 0.485 e. The van der Waals surface area contributed by atoms with E-state index in [1.54, 1.807) is 26.1 Å². The van der Waals surface area contributed by atoms with Gasteiger partial charge >= 0.3 is 0 Å². The molecule has 188 valence electrons. The van der Waals surface area contributed by atoms with Gasteiger partial charge in [-0.3, -0.25) is 14.3 Å². The van der Waals surface area contributed by atoms with Crippen LogP contribution in [0.5, 0.6) is 5.75 Å². The van der Waals surface area contributed by atoms with E-state index in [0.29, 0.717) is 17.3 Å². The van der Waals surface area contributed by atoms with Gasteiger partial charge in [-0.2, -0.15) is 5.10 Å². The van der Waals surface area contributed by atoms with Crippen molar-refractivity contribution in [3.63, 3.8) is 0 Å². The lowest BCUT2D eigenvalue weighted by Crippen LogP contribution is -2.24. The van der Waals surface area contributed by atoms with Crippen LogP contribution >= 0.6 is 11.6 Å². The van der Waals surface area contributed by atoms with E-state index in [4.69, 9.17) is 16.3 Å². The first-order valence-electron chi connectivity index (χ1n) is 11.0. The van der Waals surface area contributed by atoms with Crippen LogP contribution in [0.2, 0.25) is 5.02 Å². The molecule has 0 spiro atoms. The zero-order chi connectivity index (χ0) is 26.4. The molecular weight excluding hydrogens is 495 g/mol. The molecule has 0 radical (unpaired) electrons. The molecule has 0 unspecified atom stereocenters. The molecule has 4 aromatic rings. The van der Waals surface area contributed by atoms with Crippen molar-refractivity contribution in [2.24, 2.45) is 0 Å². The first-order valence-corrected chi connectivity index (χ1v) is 11.3. The molecule has 0 amide bonds. The molecule has 0 saturated carbocycles. The van der Waals surface area contributed by atoms with E-state index < -0.39 is 29.6 Å². The van der Waals surface area contributed by atoms with Gasteiger partial charge in [-0.15, -0.1) is 0 Å². The average molecular weight is 518 g/mol. The first kappa shape index (κ1) is 25.4. The summed E-state index contributed by atoms with van der Waals surface area (Å²) in [5.41, 5.74) is 0.260. The highest BCUT2D eigenvalue weighted by molar-refractivity contribution is 6.31. The molecule has 0 aromatic carbocycles. The van der Waals surface area contributed by atoms with Gasteiger partial charge in [0.25, 0.3) is 5.56 Å². The number of halogens is 4. The van der Waals surface area contributed by atoms with Crippen molar-refractivity contribution in [2.45, 2.75) is 46.6 Å². The maximum atomic E-state index is 15.8. The van der Waals surface area contributed by atoms with Crippen LogP contribution < -0.4 is 10.3 Å². The Morgan fingerprint density at radius 3 is 2.44 bits per heavy atom. The fraction of sp³-hybridized carbons (Fsp3) is 0.280. The van der Waals surface area contributed by atoms with Gasteiger partial charge < -0.3 is 4.74 Å². The SMILES string of the molecule is Cc1cnc(-n2ccc(C(C)(C)C)n2)c(F)c1-n1c(C)cc(OCc2ncc(F)cc2F)c(Cl)c1=O. The van der Waals surface area contributed by atoms with Crippen molar-refractivity contribution in [3.8, 4) is 17.3 Å². The molecule has 0 aliphatic carbocycles. The molecule has 0 saturated heterocycles. The smallest absolute Gasteiger partial charge is 0.278 e. The van der Waals surface area contributed by atoms with Crippen molar-refractivity contribution in [1.29, 1.82) is 0 Å². The molecule has 7 nitrogen and oxygen atoms in total. The Morgan fingerprint density at radius 1 is 1.08 bits per heavy atom. The molecule has 0 N–H and O–H groups in total. The number of hydrogen-bond donors (Lipinski definition) is 0. The fourth-order valence-corrected chi connectivity index (χ4v) is 3.78. The Morgan fingerprint density at radius 2 is 1.81 bits per heavy atom. The molecule has 0 aliphatic heterocycles. The summed E-state index contributed by atoms with van der Waals surface area (Å²) in [5, 5.41) is 4.10. The number of hydrogen-bond acceptors (Lipinski definition) is 5. The second kappa shape index (κ2) is 9.42. The van der Waals surface area contributed by atoms with Crippen molar-refractivity contribution in [1.82, 2.24) is 24.3 Å². The summed E-state index contributed by atoms with van der Waals surface area (Å²) in [6, 6.07) is 3.88. The number of aromatic nitrogens is 5. The number of nitrogens with zero attached hydrogens (tertiary/aromatic N) is 5. The molecule has 4 rings (SSSR count). The Balaban J connectivity index is 1.75. The van der Waals surface area contributed by atoms with Crippen molar-refractivity contribution < 1.29 is 17.9 Å². The van der Waals surface area contributed by atoms with Crippen LogP contribution in [0.4, 0.5) is 13.2 Å². The van der Waals surface area contributed by atoms with Gasteiger partial charge in [0, 0.05) is 35.6 Å². The van der Waals surface area contributed by atoms with Crippen LogP contribution in [0.1, 0.15) is 43.4 Å². The summed E-state index contributed by atoms with van der Waals surface area (Å²) in [6.07, 6.45) is 3.90. The van der Waals surface area contributed by atoms with E-state index in [9.17, 15) is 13.6 Å². The monoisotopic (exact) mass is 517 g/mol. The van der Waals surface area contributed by atoms with Gasteiger partial charge in [0.2, 0.25) is 0 Å². The van der Waals surface area contributed by atoms with Gasteiger partial charge in [-0.1, -0.05) is 32.4 Å². The minimum absolute atomic E-state index is 0.0324. The molecule has 4 aromatic heterocycles. The average Bonchev–Trinajstić information content (AvgIpc) is 3.29. The summed E-state index contributed by atoms with van der Waals surface area (Å²) < 4.78 is 50.7. The van der Waals surface area contributed by atoms with Crippen molar-refractivity contribution in [3.05, 3.63) is 92.3 Å². The molecule has 0 aliphatic rings. The maximum Gasteiger partial charge on any atom is 0.278 e. The third-order valence-electron chi connectivity index (χ3n) is 5.50. The highest BCUT2D eigenvalue weighted by atomic mass is 35.5. The highest BCUT2D eigenvalue weighted by Crippen LogP contribution is 2.28. The highest BCUT2D eigenvalue weighted by Gasteiger charge is 2.23. The van der Waals surface area contributed by atoms with Crippen molar-refractivity contribution >= 4 is 11.6 Å². The zero-order valence-corrected chi connectivity index (χ0v) is 21.0. The van der Waals surface area contributed by atoms with E-state index >= 15 is 4.39 Å². The summed E-state index contributed by atoms with van der Waals surface area (Å²) >= 11 is 6.28. The van der Waals surface area contributed by atoms with Gasteiger partial charge in [-0.05, 0) is 25.5 Å². The fourth-order valence-electron chi connectivity index (χ4n) is 3.59. The zero-order valence-electron chi connectivity index (χ0n) is 20.2. The van der Waals surface area contributed by atoms with E-state index in [2.05, 4.69) is 15.1 Å². The third kappa shape index (κ3) is 4.73. The molecule has 0 atom stereocenters. The van der Waals surface area contributed by atoms with Crippen LogP contribution in [0, 0.1) is 31.3 Å². The first-order chi connectivity index (χ1) is 16.9.